The van der Waals surface area contributed by atoms with Crippen molar-refractivity contribution in [3.63, 3.8) is 0 Å². The number of esters is 1. The van der Waals surface area contributed by atoms with Crippen molar-refractivity contribution < 1.29 is 37.4 Å². The Bertz CT molecular complexity index is 1390. The molecule has 292 valence electrons. The Morgan fingerprint density at radius 1 is 0.827 bits per heavy atom. The third-order valence-electron chi connectivity index (χ3n) is 10.3. The first kappa shape index (κ1) is 45.4. The van der Waals surface area contributed by atoms with Crippen LogP contribution in [-0.2, 0) is 39.3 Å². The maximum Gasteiger partial charge on any atom is 0.337 e. The van der Waals surface area contributed by atoms with Crippen molar-refractivity contribution in [3.05, 3.63) is 78.1 Å². The molecule has 1 heterocycles. The summed E-state index contributed by atoms with van der Waals surface area (Å²) in [5.41, 5.74) is 1.06. The van der Waals surface area contributed by atoms with Crippen molar-refractivity contribution in [3.8, 4) is 5.75 Å². The van der Waals surface area contributed by atoms with Crippen LogP contribution in [0.3, 0.4) is 0 Å². The van der Waals surface area contributed by atoms with Crippen LogP contribution >= 0.6 is 0 Å². The normalized spacial score (nSPS) is 18.2. The van der Waals surface area contributed by atoms with Gasteiger partial charge in [0.1, 0.15) is 17.8 Å². The van der Waals surface area contributed by atoms with E-state index in [-0.39, 0.29) is 34.3 Å². The second-order valence-electron chi connectivity index (χ2n) is 17.4. The summed E-state index contributed by atoms with van der Waals surface area (Å²) < 4.78 is 37.3. The van der Waals surface area contributed by atoms with Crippen molar-refractivity contribution in [2.24, 2.45) is 5.92 Å². The highest BCUT2D eigenvalue weighted by Crippen LogP contribution is 2.41. The van der Waals surface area contributed by atoms with Crippen LogP contribution in [0.25, 0.3) is 0 Å². The lowest BCUT2D eigenvalue weighted by atomic mass is 9.99. The number of allylic oxidation sites excluding steroid dienone is 4. The van der Waals surface area contributed by atoms with Gasteiger partial charge in [0, 0.05) is 20.3 Å². The van der Waals surface area contributed by atoms with E-state index in [1.165, 1.54) is 12.2 Å². The van der Waals surface area contributed by atoms with Gasteiger partial charge in [0.2, 0.25) is 5.79 Å². The summed E-state index contributed by atoms with van der Waals surface area (Å²) in [6.45, 7) is 28.6. The molecule has 0 aromatic heterocycles. The predicted octanol–water partition coefficient (Wildman–Crippen LogP) is 10.6. The van der Waals surface area contributed by atoms with Crippen LogP contribution in [-0.4, -0.2) is 60.1 Å². The zero-order valence-corrected chi connectivity index (χ0v) is 36.5. The second-order valence-corrected chi connectivity index (χ2v) is 26.9. The van der Waals surface area contributed by atoms with Gasteiger partial charge in [0.15, 0.2) is 16.6 Å². The molecular weight excluding hydrogens is 689 g/mol. The minimum Gasteiger partial charge on any atom is -0.497 e. The Morgan fingerprint density at radius 3 is 1.94 bits per heavy atom. The van der Waals surface area contributed by atoms with Gasteiger partial charge < -0.3 is 27.8 Å². The van der Waals surface area contributed by atoms with Crippen molar-refractivity contribution in [1.29, 1.82) is 0 Å². The van der Waals surface area contributed by atoms with Gasteiger partial charge in [0.25, 0.3) is 0 Å². The van der Waals surface area contributed by atoms with Crippen LogP contribution in [0.1, 0.15) is 93.6 Å². The molecule has 1 aliphatic rings. The van der Waals surface area contributed by atoms with Gasteiger partial charge in [-0.05, 0) is 85.2 Å². The van der Waals surface area contributed by atoms with E-state index >= 15 is 0 Å². The summed E-state index contributed by atoms with van der Waals surface area (Å²) in [5.74, 6) is 0.0987. The molecule has 0 fully saturated rings. The number of carbonyl (C=O) groups is 2. The molecule has 52 heavy (non-hydrogen) atoms. The summed E-state index contributed by atoms with van der Waals surface area (Å²) in [6.07, 6.45) is 16.0. The molecule has 0 unspecified atom stereocenters. The van der Waals surface area contributed by atoms with Crippen LogP contribution in [0, 0.1) is 5.92 Å². The van der Waals surface area contributed by atoms with E-state index in [0.29, 0.717) is 38.0 Å². The number of hydrogen-bond acceptors (Lipinski definition) is 8. The molecule has 1 aliphatic heterocycles. The lowest BCUT2D eigenvalue weighted by Crippen LogP contribution is -2.47. The SMILES string of the molecule is COc1ccc(CO[C@H](/C=C/C=C/C[C@H](C[C@H](CC2=CC(=O)OC(C)(C)O2)O[Si](C)(C)C(C)(C)C)O[Si](C)(C)C(C)(C)C)[C@H](C)C/C=C/C=O)cc1. The molecule has 8 nitrogen and oxygen atoms in total. The van der Waals surface area contributed by atoms with Crippen LogP contribution in [0.15, 0.2) is 72.6 Å². The second kappa shape index (κ2) is 19.5. The average Bonchev–Trinajstić information content (AvgIpc) is 3.00. The van der Waals surface area contributed by atoms with Crippen LogP contribution in [0.2, 0.25) is 36.3 Å². The highest BCUT2D eigenvalue weighted by atomic mass is 28.4. The Hall–Kier alpha value is -2.77. The highest BCUT2D eigenvalue weighted by molar-refractivity contribution is 6.74. The van der Waals surface area contributed by atoms with Crippen LogP contribution in [0.5, 0.6) is 5.75 Å². The molecule has 4 atom stereocenters. The number of ether oxygens (including phenoxy) is 4. The maximum absolute atomic E-state index is 12.5. The van der Waals surface area contributed by atoms with Crippen molar-refractivity contribution in [2.45, 2.75) is 155 Å². The van der Waals surface area contributed by atoms with E-state index in [9.17, 15) is 9.59 Å². The third kappa shape index (κ3) is 15.3. The zero-order chi connectivity index (χ0) is 39.4. The molecule has 2 rings (SSSR count). The third-order valence-corrected chi connectivity index (χ3v) is 19.4. The predicted molar refractivity (Wildman–Crippen MR) is 216 cm³/mol. The molecule has 0 spiro atoms. The summed E-state index contributed by atoms with van der Waals surface area (Å²) in [5, 5.41) is 0.0220. The number of rotatable bonds is 20. The lowest BCUT2D eigenvalue weighted by molar-refractivity contribution is -0.206. The molecule has 0 N–H and O–H groups in total. The van der Waals surface area contributed by atoms with Gasteiger partial charge in [-0.15, -0.1) is 0 Å². The molecule has 10 heteroatoms. The van der Waals surface area contributed by atoms with Gasteiger partial charge in [0.05, 0.1) is 38.1 Å². The lowest BCUT2D eigenvalue weighted by Gasteiger charge is -2.43. The maximum atomic E-state index is 12.5. The number of hydrogen-bond donors (Lipinski definition) is 0. The van der Waals surface area contributed by atoms with Gasteiger partial charge in [-0.25, -0.2) is 4.79 Å². The fraction of sp³-hybridized carbons (Fsp3) is 0.619. The van der Waals surface area contributed by atoms with Crippen molar-refractivity contribution >= 4 is 28.9 Å². The molecule has 0 aliphatic carbocycles. The number of cyclic esters (lactones) is 1. The van der Waals surface area contributed by atoms with Gasteiger partial charge >= 0.3 is 5.97 Å². The molecule has 0 radical (unpaired) electrons. The summed E-state index contributed by atoms with van der Waals surface area (Å²) in [6, 6.07) is 7.87. The first-order valence-corrected chi connectivity index (χ1v) is 24.5. The van der Waals surface area contributed by atoms with E-state index < -0.39 is 28.4 Å². The zero-order valence-electron chi connectivity index (χ0n) is 34.5. The summed E-state index contributed by atoms with van der Waals surface area (Å²) in [4.78, 5) is 23.3. The topological polar surface area (TPSA) is 89.5 Å². The van der Waals surface area contributed by atoms with Crippen molar-refractivity contribution in [1.82, 2.24) is 0 Å². The van der Waals surface area contributed by atoms with Gasteiger partial charge in [-0.2, -0.15) is 0 Å². The number of carbonyl (C=O) groups excluding carboxylic acids is 2. The Morgan fingerprint density at radius 2 is 1.40 bits per heavy atom. The van der Waals surface area contributed by atoms with Gasteiger partial charge in [-0.3, -0.25) is 4.79 Å². The minimum atomic E-state index is -2.20. The molecule has 0 amide bonds. The molecule has 0 bridgehead atoms. The van der Waals surface area contributed by atoms with E-state index in [2.05, 4.69) is 92.9 Å². The molecule has 0 saturated heterocycles. The first-order chi connectivity index (χ1) is 24.0. The quantitative estimate of drug-likeness (QED) is 0.0427. The smallest absolute Gasteiger partial charge is 0.337 e. The molecular formula is C42H68O8Si2. The van der Waals surface area contributed by atoms with Crippen molar-refractivity contribution in [2.75, 3.05) is 7.11 Å². The Kier molecular flexibility index (Phi) is 17.0. The fourth-order valence-electron chi connectivity index (χ4n) is 5.23. The van der Waals surface area contributed by atoms with E-state index in [1.807, 2.05) is 36.4 Å². The monoisotopic (exact) mass is 756 g/mol. The molecule has 1 aromatic carbocycles. The van der Waals surface area contributed by atoms with Gasteiger partial charge in [-0.1, -0.05) is 91.0 Å². The summed E-state index contributed by atoms with van der Waals surface area (Å²) in [7, 11) is -2.70. The number of aldehydes is 1. The van der Waals surface area contributed by atoms with Crippen LogP contribution < -0.4 is 4.74 Å². The number of benzene rings is 1. The molecule has 0 saturated carbocycles. The van der Waals surface area contributed by atoms with E-state index in [1.54, 1.807) is 21.0 Å². The highest BCUT2D eigenvalue weighted by Gasteiger charge is 2.43. The first-order valence-electron chi connectivity index (χ1n) is 18.6. The molecule has 1 aromatic rings. The largest absolute Gasteiger partial charge is 0.497 e. The number of methoxy groups -OCH3 is 1. The Labute approximate surface area is 317 Å². The standard InChI is InChI=1S/C42H68O8Si2/c1-32(20-18-19-27-43)38(46-31-33-23-25-34(45-10)26-24-33)22-17-15-16-21-35(49-51(11,12)40(2,3)4)28-37(50-52(13,14)41(5,6)7)29-36-30-39(44)48-42(8,9)47-36/h15-19,22-27,30,32,35,37-38H,20-21,28-29,31H2,1-14H3/b16-15+,19-18+,22-17+/t32-,35-,37-,38-/m1/s1. The van der Waals surface area contributed by atoms with E-state index in [0.717, 1.165) is 17.6 Å². The Balaban J connectivity index is 2.35. The minimum absolute atomic E-state index is 0.00209. The van der Waals surface area contributed by atoms with E-state index in [4.69, 9.17) is 27.8 Å². The van der Waals surface area contributed by atoms with Crippen LogP contribution in [0.4, 0.5) is 0 Å². The average molecular weight is 757 g/mol. The summed E-state index contributed by atoms with van der Waals surface area (Å²) >= 11 is 0. The fourth-order valence-corrected chi connectivity index (χ4v) is 7.97.